The molecular weight excluding hydrogens is 328 g/mol. The summed E-state index contributed by atoms with van der Waals surface area (Å²) < 4.78 is 6.55. The standard InChI is InChI=1S/C17H17BrN2O/c1-3-21-17-7-5-4-6-15(17)12(2)20-16-9-8-14(18)10-13(16)11-19/h4-10,12,20H,3H2,1-2H3. The van der Waals surface area contributed by atoms with Crippen LogP contribution in [0.5, 0.6) is 5.75 Å². The van der Waals surface area contributed by atoms with Crippen molar-refractivity contribution in [3.63, 3.8) is 0 Å². The number of nitriles is 1. The van der Waals surface area contributed by atoms with E-state index in [2.05, 4.69) is 34.2 Å². The number of anilines is 1. The van der Waals surface area contributed by atoms with E-state index < -0.39 is 0 Å². The summed E-state index contributed by atoms with van der Waals surface area (Å²) in [6, 6.07) is 15.8. The highest BCUT2D eigenvalue weighted by molar-refractivity contribution is 9.10. The molecule has 4 heteroatoms. The van der Waals surface area contributed by atoms with Crippen LogP contribution in [0.1, 0.15) is 31.0 Å². The molecule has 2 rings (SSSR count). The molecule has 0 amide bonds. The average Bonchev–Trinajstić information content (AvgIpc) is 2.49. The van der Waals surface area contributed by atoms with Gasteiger partial charge in [-0.25, -0.2) is 0 Å². The van der Waals surface area contributed by atoms with E-state index in [0.717, 1.165) is 21.5 Å². The van der Waals surface area contributed by atoms with Gasteiger partial charge in [-0.1, -0.05) is 34.1 Å². The Hall–Kier alpha value is -1.99. The van der Waals surface area contributed by atoms with E-state index in [-0.39, 0.29) is 6.04 Å². The van der Waals surface area contributed by atoms with E-state index in [1.807, 2.05) is 49.4 Å². The highest BCUT2D eigenvalue weighted by Gasteiger charge is 2.13. The van der Waals surface area contributed by atoms with Crippen LogP contribution < -0.4 is 10.1 Å². The molecule has 0 saturated carbocycles. The molecule has 0 spiro atoms. The van der Waals surface area contributed by atoms with Gasteiger partial charge < -0.3 is 10.1 Å². The summed E-state index contributed by atoms with van der Waals surface area (Å²) in [5.74, 6) is 0.871. The molecule has 0 heterocycles. The maximum Gasteiger partial charge on any atom is 0.124 e. The van der Waals surface area contributed by atoms with Crippen molar-refractivity contribution in [1.29, 1.82) is 5.26 Å². The van der Waals surface area contributed by atoms with Crippen molar-refractivity contribution in [2.75, 3.05) is 11.9 Å². The number of benzene rings is 2. The van der Waals surface area contributed by atoms with Crippen molar-refractivity contribution in [2.24, 2.45) is 0 Å². The molecule has 0 aliphatic carbocycles. The first kappa shape index (κ1) is 15.4. The lowest BCUT2D eigenvalue weighted by atomic mass is 10.1. The van der Waals surface area contributed by atoms with Gasteiger partial charge >= 0.3 is 0 Å². The van der Waals surface area contributed by atoms with E-state index >= 15 is 0 Å². The van der Waals surface area contributed by atoms with E-state index in [0.29, 0.717) is 12.2 Å². The van der Waals surface area contributed by atoms with Crippen LogP contribution in [-0.4, -0.2) is 6.61 Å². The van der Waals surface area contributed by atoms with Gasteiger partial charge in [0, 0.05) is 10.0 Å². The number of para-hydroxylation sites is 1. The van der Waals surface area contributed by atoms with Gasteiger partial charge in [-0.05, 0) is 38.1 Å². The summed E-state index contributed by atoms with van der Waals surface area (Å²) in [4.78, 5) is 0. The number of hydrogen-bond acceptors (Lipinski definition) is 3. The average molecular weight is 345 g/mol. The molecule has 3 nitrogen and oxygen atoms in total. The molecule has 2 aromatic rings. The normalized spacial score (nSPS) is 11.5. The minimum absolute atomic E-state index is 0.0426. The molecule has 21 heavy (non-hydrogen) atoms. The second kappa shape index (κ2) is 7.14. The largest absolute Gasteiger partial charge is 0.494 e. The van der Waals surface area contributed by atoms with Gasteiger partial charge in [0.05, 0.1) is 23.9 Å². The smallest absolute Gasteiger partial charge is 0.124 e. The van der Waals surface area contributed by atoms with Gasteiger partial charge in [-0.15, -0.1) is 0 Å². The van der Waals surface area contributed by atoms with Crippen molar-refractivity contribution >= 4 is 21.6 Å². The van der Waals surface area contributed by atoms with Crippen LogP contribution in [0.2, 0.25) is 0 Å². The van der Waals surface area contributed by atoms with E-state index in [1.165, 1.54) is 0 Å². The minimum Gasteiger partial charge on any atom is -0.494 e. The Morgan fingerprint density at radius 1 is 1.29 bits per heavy atom. The first-order chi connectivity index (χ1) is 10.2. The van der Waals surface area contributed by atoms with Crippen LogP contribution in [0.3, 0.4) is 0 Å². The van der Waals surface area contributed by atoms with Gasteiger partial charge in [0.2, 0.25) is 0 Å². The molecule has 1 N–H and O–H groups in total. The number of nitrogens with one attached hydrogen (secondary N) is 1. The van der Waals surface area contributed by atoms with Crippen LogP contribution >= 0.6 is 15.9 Å². The molecule has 0 saturated heterocycles. The summed E-state index contributed by atoms with van der Waals surface area (Å²) in [7, 11) is 0. The zero-order chi connectivity index (χ0) is 15.2. The van der Waals surface area contributed by atoms with Gasteiger partial charge in [-0.2, -0.15) is 5.26 Å². The molecule has 2 aromatic carbocycles. The monoisotopic (exact) mass is 344 g/mol. The van der Waals surface area contributed by atoms with Crippen LogP contribution in [0.25, 0.3) is 0 Å². The van der Waals surface area contributed by atoms with Gasteiger partial charge in [-0.3, -0.25) is 0 Å². The molecule has 108 valence electrons. The van der Waals surface area contributed by atoms with Crippen molar-refractivity contribution in [3.05, 3.63) is 58.1 Å². The zero-order valence-corrected chi connectivity index (χ0v) is 13.6. The van der Waals surface area contributed by atoms with E-state index in [1.54, 1.807) is 0 Å². The summed E-state index contributed by atoms with van der Waals surface area (Å²) in [5.41, 5.74) is 2.51. The molecule has 1 atom stereocenters. The van der Waals surface area contributed by atoms with Crippen LogP contribution in [0.15, 0.2) is 46.9 Å². The second-order valence-corrected chi connectivity index (χ2v) is 5.55. The molecule has 1 unspecified atom stereocenters. The van der Waals surface area contributed by atoms with Gasteiger partial charge in [0.25, 0.3) is 0 Å². The Morgan fingerprint density at radius 3 is 2.76 bits per heavy atom. The summed E-state index contributed by atoms with van der Waals surface area (Å²) in [5, 5.41) is 12.6. The first-order valence-corrected chi connectivity index (χ1v) is 7.63. The van der Waals surface area contributed by atoms with Crippen molar-refractivity contribution in [1.82, 2.24) is 0 Å². The minimum atomic E-state index is 0.0426. The number of nitrogens with zero attached hydrogens (tertiary/aromatic N) is 1. The third kappa shape index (κ3) is 3.77. The Labute approximate surface area is 133 Å². The SMILES string of the molecule is CCOc1ccccc1C(C)Nc1ccc(Br)cc1C#N. The van der Waals surface area contributed by atoms with Crippen LogP contribution in [-0.2, 0) is 0 Å². The highest BCUT2D eigenvalue weighted by Crippen LogP contribution is 2.29. The molecule has 0 aliphatic heterocycles. The quantitative estimate of drug-likeness (QED) is 0.839. The fourth-order valence-corrected chi connectivity index (χ4v) is 2.53. The number of hydrogen-bond donors (Lipinski definition) is 1. The summed E-state index contributed by atoms with van der Waals surface area (Å²) in [6.45, 7) is 4.66. The van der Waals surface area contributed by atoms with Gasteiger partial charge in [0.15, 0.2) is 0 Å². The Bertz CT molecular complexity index is 664. The van der Waals surface area contributed by atoms with Crippen molar-refractivity contribution in [2.45, 2.75) is 19.9 Å². The van der Waals surface area contributed by atoms with Gasteiger partial charge in [0.1, 0.15) is 11.8 Å². The lowest BCUT2D eigenvalue weighted by Crippen LogP contribution is -2.10. The van der Waals surface area contributed by atoms with Crippen molar-refractivity contribution < 1.29 is 4.74 Å². The third-order valence-corrected chi connectivity index (χ3v) is 3.65. The Balaban J connectivity index is 2.26. The molecule has 0 aliphatic rings. The predicted octanol–water partition coefficient (Wildman–Crippen LogP) is 4.89. The molecule has 0 fully saturated rings. The number of rotatable bonds is 5. The maximum absolute atomic E-state index is 9.23. The fourth-order valence-electron chi connectivity index (χ4n) is 2.17. The Morgan fingerprint density at radius 2 is 2.05 bits per heavy atom. The lowest BCUT2D eigenvalue weighted by Gasteiger charge is -2.19. The zero-order valence-electron chi connectivity index (χ0n) is 12.1. The molecule has 0 aromatic heterocycles. The third-order valence-electron chi connectivity index (χ3n) is 3.16. The number of ether oxygens (including phenoxy) is 1. The lowest BCUT2D eigenvalue weighted by molar-refractivity contribution is 0.335. The fraction of sp³-hybridized carbons (Fsp3) is 0.235. The predicted molar refractivity (Wildman–Crippen MR) is 88.5 cm³/mol. The maximum atomic E-state index is 9.23. The van der Waals surface area contributed by atoms with E-state index in [4.69, 9.17) is 4.74 Å². The van der Waals surface area contributed by atoms with Crippen LogP contribution in [0, 0.1) is 11.3 Å². The molecule has 0 bridgehead atoms. The second-order valence-electron chi connectivity index (χ2n) is 4.64. The van der Waals surface area contributed by atoms with Crippen molar-refractivity contribution in [3.8, 4) is 11.8 Å². The first-order valence-electron chi connectivity index (χ1n) is 6.83. The highest BCUT2D eigenvalue weighted by atomic mass is 79.9. The Kier molecular flexibility index (Phi) is 5.24. The topological polar surface area (TPSA) is 45.0 Å². The van der Waals surface area contributed by atoms with Crippen LogP contribution in [0.4, 0.5) is 5.69 Å². The van der Waals surface area contributed by atoms with E-state index in [9.17, 15) is 5.26 Å². The molecule has 0 radical (unpaired) electrons. The molecular formula is C17H17BrN2O. The number of halogens is 1. The summed E-state index contributed by atoms with van der Waals surface area (Å²) >= 11 is 3.38. The summed E-state index contributed by atoms with van der Waals surface area (Å²) in [6.07, 6.45) is 0.